The van der Waals surface area contributed by atoms with E-state index in [2.05, 4.69) is 34.1 Å². The van der Waals surface area contributed by atoms with Gasteiger partial charge in [0, 0.05) is 25.3 Å². The number of hydrogen-bond acceptors (Lipinski definition) is 8. The third-order valence-electron chi connectivity index (χ3n) is 11.7. The Morgan fingerprint density at radius 2 is 1.81 bits per heavy atom. The maximum absolute atomic E-state index is 14.5. The Hall–Kier alpha value is -4.20. The number of nitrogens with zero attached hydrogens (tertiary/aromatic N) is 2. The average Bonchev–Trinajstić information content (AvgIpc) is 3.90. The number of carbonyl (C=O) groups is 5. The topological polar surface area (TPSA) is 171 Å². The largest absolute Gasteiger partial charge is 0.444 e. The molecule has 0 radical (unpaired) electrons. The molecule has 3 aliphatic carbocycles. The number of hydrogen-bond donors (Lipinski definition) is 3. The molecule has 6 aliphatic rings. The van der Waals surface area contributed by atoms with Crippen LogP contribution in [0.3, 0.4) is 0 Å². The van der Waals surface area contributed by atoms with Crippen LogP contribution in [0.5, 0.6) is 0 Å². The first-order valence-corrected chi connectivity index (χ1v) is 20.4. The second kappa shape index (κ2) is 14.7. The summed E-state index contributed by atoms with van der Waals surface area (Å²) in [4.78, 5) is 72.1. The molecular formula is C38H49N5O8S. The van der Waals surface area contributed by atoms with Crippen molar-refractivity contribution in [1.82, 2.24) is 25.2 Å². The Morgan fingerprint density at radius 3 is 2.54 bits per heavy atom. The maximum atomic E-state index is 14.5. The molecule has 5 atom stereocenters. The number of benzene rings is 1. The van der Waals surface area contributed by atoms with E-state index < -0.39 is 68.7 Å². The van der Waals surface area contributed by atoms with E-state index >= 15 is 0 Å². The van der Waals surface area contributed by atoms with Gasteiger partial charge in [0.2, 0.25) is 27.7 Å². The molecule has 13 nitrogen and oxygen atoms in total. The minimum absolute atomic E-state index is 0.0275. The summed E-state index contributed by atoms with van der Waals surface area (Å²) in [7, 11) is -3.89. The smallest absolute Gasteiger partial charge is 0.410 e. The van der Waals surface area contributed by atoms with Crippen LogP contribution in [0.4, 0.5) is 4.79 Å². The monoisotopic (exact) mass is 735 g/mol. The van der Waals surface area contributed by atoms with E-state index in [0.717, 1.165) is 61.6 Å². The van der Waals surface area contributed by atoms with E-state index in [-0.39, 0.29) is 37.6 Å². The lowest BCUT2D eigenvalue weighted by Crippen LogP contribution is -2.59. The highest BCUT2D eigenvalue weighted by Crippen LogP contribution is 2.45. The number of sulfonamides is 1. The standard InChI is InChI=1S/C38H49N5O8S/c1-2-27-20-38(27,36(47)41-52(49,50)29-17-18-29)40-34(45)31-19-28-22-43(31)35(46)33(25-12-8-9-13-25)39-32(44)16-7-5-3-4-6-11-24-14-10-15-26-21-42(23-30(24)26)37(48)51-28/h2,6,10-11,14-15,25,27-29,31,33H,1,3-5,7-9,12-13,16-23H2,(H,39,44)(H,40,45)(H,41,47)/b11-6+/t27-,28+,31-,33-,38+/m0/s1. The number of carbonyl (C=O) groups excluding carboxylic acids is 5. The zero-order valence-corrected chi connectivity index (χ0v) is 30.3. The third-order valence-corrected chi connectivity index (χ3v) is 13.5. The number of ether oxygens (including phenoxy) is 1. The molecule has 3 heterocycles. The predicted octanol–water partition coefficient (Wildman–Crippen LogP) is 3.43. The van der Waals surface area contributed by atoms with Crippen LogP contribution in [0.15, 0.2) is 36.9 Å². The van der Waals surface area contributed by atoms with Gasteiger partial charge in [-0.1, -0.05) is 55.7 Å². The lowest BCUT2D eigenvalue weighted by atomic mass is 9.96. The van der Waals surface area contributed by atoms with Crippen LogP contribution in [0.2, 0.25) is 0 Å². The van der Waals surface area contributed by atoms with E-state index in [1.807, 2.05) is 18.2 Å². The fourth-order valence-electron chi connectivity index (χ4n) is 8.38. The highest BCUT2D eigenvalue weighted by atomic mass is 32.2. The quantitative estimate of drug-likeness (QED) is 0.358. The number of rotatable bonds is 7. The van der Waals surface area contributed by atoms with Gasteiger partial charge in [-0.3, -0.25) is 28.8 Å². The van der Waals surface area contributed by atoms with Crippen LogP contribution in [-0.2, 0) is 47.0 Å². The predicted molar refractivity (Wildman–Crippen MR) is 191 cm³/mol. The summed E-state index contributed by atoms with van der Waals surface area (Å²) >= 11 is 0. The van der Waals surface area contributed by atoms with Crippen molar-refractivity contribution in [1.29, 1.82) is 0 Å². The van der Waals surface area contributed by atoms with Crippen LogP contribution >= 0.6 is 0 Å². The summed E-state index contributed by atoms with van der Waals surface area (Å²) in [5, 5.41) is 5.17. The average molecular weight is 736 g/mol. The summed E-state index contributed by atoms with van der Waals surface area (Å²) in [5.74, 6) is -2.76. The minimum Gasteiger partial charge on any atom is -0.444 e. The number of allylic oxidation sites excluding steroid dienone is 1. The van der Waals surface area contributed by atoms with Gasteiger partial charge in [0.25, 0.3) is 5.91 Å². The molecule has 1 saturated heterocycles. The molecule has 4 bridgehead atoms. The summed E-state index contributed by atoms with van der Waals surface area (Å²) < 4.78 is 33.5. The van der Waals surface area contributed by atoms with Gasteiger partial charge >= 0.3 is 6.09 Å². The molecule has 1 aromatic carbocycles. The van der Waals surface area contributed by atoms with Crippen LogP contribution in [-0.4, -0.2) is 83.5 Å². The molecule has 0 unspecified atom stereocenters. The molecule has 3 saturated carbocycles. The second-order valence-electron chi connectivity index (χ2n) is 15.4. The van der Waals surface area contributed by atoms with E-state index in [9.17, 15) is 32.4 Å². The first-order valence-electron chi connectivity index (χ1n) is 18.8. The van der Waals surface area contributed by atoms with Gasteiger partial charge in [0.05, 0.1) is 18.3 Å². The molecule has 4 fully saturated rings. The van der Waals surface area contributed by atoms with Crippen LogP contribution in [0.25, 0.3) is 6.08 Å². The van der Waals surface area contributed by atoms with E-state index in [1.165, 1.54) is 11.0 Å². The van der Waals surface area contributed by atoms with Gasteiger partial charge in [0.1, 0.15) is 23.7 Å². The lowest BCUT2D eigenvalue weighted by Gasteiger charge is -2.32. The normalized spacial score (nSPS) is 30.7. The van der Waals surface area contributed by atoms with Crippen molar-refractivity contribution < 1.29 is 37.1 Å². The Balaban J connectivity index is 1.15. The molecule has 3 N–H and O–H groups in total. The van der Waals surface area contributed by atoms with E-state index in [0.29, 0.717) is 32.4 Å². The lowest BCUT2D eigenvalue weighted by molar-refractivity contribution is -0.143. The minimum atomic E-state index is -3.89. The van der Waals surface area contributed by atoms with Gasteiger partial charge in [-0.25, -0.2) is 13.2 Å². The Labute approximate surface area is 305 Å². The molecule has 280 valence electrons. The van der Waals surface area contributed by atoms with Gasteiger partial charge in [0.15, 0.2) is 0 Å². The first-order chi connectivity index (χ1) is 25.0. The first kappa shape index (κ1) is 36.2. The van der Waals surface area contributed by atoms with Crippen molar-refractivity contribution >= 4 is 45.8 Å². The van der Waals surface area contributed by atoms with E-state index in [1.54, 1.807) is 4.90 Å². The Bertz CT molecular complexity index is 1770. The van der Waals surface area contributed by atoms with Crippen molar-refractivity contribution in [3.63, 3.8) is 0 Å². The third kappa shape index (κ3) is 7.49. The summed E-state index contributed by atoms with van der Waals surface area (Å²) in [6.45, 7) is 4.44. The fraction of sp³-hybridized carbons (Fsp3) is 0.605. The number of fused-ring (bicyclic) bond motifs is 3. The molecular weight excluding hydrogens is 687 g/mol. The van der Waals surface area contributed by atoms with Crippen LogP contribution in [0.1, 0.15) is 100 Å². The van der Waals surface area contributed by atoms with Crippen molar-refractivity contribution in [2.75, 3.05) is 6.54 Å². The summed E-state index contributed by atoms with van der Waals surface area (Å²) in [6, 6.07) is 3.99. The van der Waals surface area contributed by atoms with Gasteiger partial charge in [-0.15, -0.1) is 6.58 Å². The molecule has 7 rings (SSSR count). The Morgan fingerprint density at radius 1 is 1.02 bits per heavy atom. The van der Waals surface area contributed by atoms with E-state index in [4.69, 9.17) is 4.74 Å². The fourth-order valence-corrected chi connectivity index (χ4v) is 9.74. The SMILES string of the molecule is C=C[C@H]1C[C@]1(NC(=O)[C@@H]1C[C@@H]2CN1C(=O)[C@H](C1CCCC1)NC(=O)CCCCC/C=C/c1cccc3c1CN(C3)C(=O)O2)C(=O)NS(=O)(=O)C1CC1. The van der Waals surface area contributed by atoms with Gasteiger partial charge < -0.3 is 20.3 Å². The molecule has 0 spiro atoms. The molecule has 1 aromatic rings. The molecule has 3 aliphatic heterocycles. The Kier molecular flexibility index (Phi) is 10.2. The zero-order valence-electron chi connectivity index (χ0n) is 29.5. The van der Waals surface area contributed by atoms with Crippen LogP contribution < -0.4 is 15.4 Å². The zero-order chi connectivity index (χ0) is 36.6. The summed E-state index contributed by atoms with van der Waals surface area (Å²) in [5.41, 5.74) is 1.58. The number of amides is 5. The van der Waals surface area contributed by atoms with Crippen molar-refractivity contribution in [3.05, 3.63) is 53.6 Å². The van der Waals surface area contributed by atoms with Crippen molar-refractivity contribution in [2.45, 2.75) is 126 Å². The van der Waals surface area contributed by atoms with Gasteiger partial charge in [-0.05, 0) is 74.0 Å². The molecule has 5 amide bonds. The van der Waals surface area contributed by atoms with Gasteiger partial charge in [-0.2, -0.15) is 0 Å². The molecule has 52 heavy (non-hydrogen) atoms. The van der Waals surface area contributed by atoms with Crippen molar-refractivity contribution in [3.8, 4) is 0 Å². The highest BCUT2D eigenvalue weighted by Gasteiger charge is 2.62. The molecule has 14 heteroatoms. The van der Waals surface area contributed by atoms with Crippen molar-refractivity contribution in [2.24, 2.45) is 11.8 Å². The highest BCUT2D eigenvalue weighted by molar-refractivity contribution is 7.91. The maximum Gasteiger partial charge on any atom is 0.410 e. The van der Waals surface area contributed by atoms with Crippen LogP contribution in [0, 0.1) is 11.8 Å². The number of nitrogens with one attached hydrogen (secondary N) is 3. The molecule has 0 aromatic heterocycles. The summed E-state index contributed by atoms with van der Waals surface area (Å²) in [6.07, 6.45) is 12.3. The second-order valence-corrected chi connectivity index (χ2v) is 17.3.